The lowest BCUT2D eigenvalue weighted by Crippen LogP contribution is -2.21. The molecule has 1 saturated heterocycles. The molecule has 0 aliphatic carbocycles. The summed E-state index contributed by atoms with van der Waals surface area (Å²) in [5.74, 6) is 1.45. The Kier molecular flexibility index (Phi) is 7.55. The van der Waals surface area contributed by atoms with Crippen molar-refractivity contribution in [3.8, 4) is 11.5 Å². The van der Waals surface area contributed by atoms with E-state index in [-0.39, 0.29) is 18.6 Å². The van der Waals surface area contributed by atoms with Crippen molar-refractivity contribution in [2.45, 2.75) is 32.3 Å². The molecule has 150 valence electrons. The molecule has 6 heteroatoms. The molecule has 1 amide bonds. The van der Waals surface area contributed by atoms with E-state index in [1.54, 1.807) is 0 Å². The Morgan fingerprint density at radius 3 is 2.71 bits per heavy atom. The lowest BCUT2D eigenvalue weighted by molar-refractivity contribution is -0.114. The van der Waals surface area contributed by atoms with Crippen molar-refractivity contribution in [1.82, 2.24) is 0 Å². The van der Waals surface area contributed by atoms with Crippen molar-refractivity contribution in [2.75, 3.05) is 37.0 Å². The summed E-state index contributed by atoms with van der Waals surface area (Å²) in [5, 5.41) is 5.99. The maximum atomic E-state index is 12.2. The van der Waals surface area contributed by atoms with Gasteiger partial charge in [0.05, 0.1) is 19.3 Å². The minimum absolute atomic E-state index is 0.118. The molecular weight excluding hydrogens is 356 g/mol. The number of amides is 1. The van der Waals surface area contributed by atoms with Crippen LogP contribution in [0.4, 0.5) is 11.4 Å². The largest absolute Gasteiger partial charge is 0.494 e. The van der Waals surface area contributed by atoms with Gasteiger partial charge in [-0.1, -0.05) is 13.0 Å². The second kappa shape index (κ2) is 10.6. The third kappa shape index (κ3) is 6.46. The number of ether oxygens (including phenoxy) is 3. The van der Waals surface area contributed by atoms with E-state index in [0.717, 1.165) is 48.7 Å². The number of carbonyl (C=O) groups is 1. The first-order chi connectivity index (χ1) is 13.7. The zero-order chi connectivity index (χ0) is 19.6. The molecule has 2 aromatic carbocycles. The third-order valence-corrected chi connectivity index (χ3v) is 4.36. The van der Waals surface area contributed by atoms with E-state index in [9.17, 15) is 4.79 Å². The fraction of sp³-hybridized carbons (Fsp3) is 0.409. The highest BCUT2D eigenvalue weighted by Crippen LogP contribution is 2.19. The highest BCUT2D eigenvalue weighted by Gasteiger charge is 2.15. The van der Waals surface area contributed by atoms with Gasteiger partial charge in [0, 0.05) is 24.0 Å². The number of rotatable bonds is 10. The Bertz CT molecular complexity index is 742. The van der Waals surface area contributed by atoms with E-state index in [0.29, 0.717) is 13.2 Å². The number of anilines is 2. The molecule has 1 unspecified atom stereocenters. The summed E-state index contributed by atoms with van der Waals surface area (Å²) in [6.07, 6.45) is 3.30. The lowest BCUT2D eigenvalue weighted by atomic mass is 10.2. The Labute approximate surface area is 166 Å². The van der Waals surface area contributed by atoms with Crippen molar-refractivity contribution in [3.05, 3.63) is 48.5 Å². The Balaban J connectivity index is 1.41. The van der Waals surface area contributed by atoms with E-state index < -0.39 is 0 Å². The van der Waals surface area contributed by atoms with Gasteiger partial charge in [0.1, 0.15) is 18.1 Å². The van der Waals surface area contributed by atoms with Crippen LogP contribution in [0.1, 0.15) is 26.2 Å². The average molecular weight is 384 g/mol. The molecule has 1 heterocycles. The van der Waals surface area contributed by atoms with E-state index in [1.807, 2.05) is 48.5 Å². The van der Waals surface area contributed by atoms with Gasteiger partial charge in [-0.2, -0.15) is 0 Å². The summed E-state index contributed by atoms with van der Waals surface area (Å²) in [6.45, 7) is 4.31. The number of hydrogen-bond donors (Lipinski definition) is 2. The van der Waals surface area contributed by atoms with Crippen molar-refractivity contribution in [2.24, 2.45) is 0 Å². The highest BCUT2D eigenvalue weighted by atomic mass is 16.5. The SMILES string of the molecule is CCCOc1cccc(NCC(=O)Nc2ccc(OCC3CCCO3)cc2)c1. The summed E-state index contributed by atoms with van der Waals surface area (Å²) in [6, 6.07) is 15.0. The summed E-state index contributed by atoms with van der Waals surface area (Å²) in [4.78, 5) is 12.2. The molecule has 0 spiro atoms. The van der Waals surface area contributed by atoms with Crippen LogP contribution in [-0.4, -0.2) is 38.4 Å². The molecule has 2 N–H and O–H groups in total. The Morgan fingerprint density at radius 2 is 1.96 bits per heavy atom. The smallest absolute Gasteiger partial charge is 0.243 e. The summed E-state index contributed by atoms with van der Waals surface area (Å²) < 4.78 is 16.9. The topological polar surface area (TPSA) is 68.8 Å². The monoisotopic (exact) mass is 384 g/mol. The molecular formula is C22H28N2O4. The average Bonchev–Trinajstić information content (AvgIpc) is 3.24. The first kappa shape index (κ1) is 20.0. The van der Waals surface area contributed by atoms with Gasteiger partial charge in [0.25, 0.3) is 0 Å². The molecule has 1 fully saturated rings. The molecule has 28 heavy (non-hydrogen) atoms. The summed E-state index contributed by atoms with van der Waals surface area (Å²) in [5.41, 5.74) is 1.58. The van der Waals surface area contributed by atoms with Crippen LogP contribution in [0.5, 0.6) is 11.5 Å². The standard InChI is InChI=1S/C22H28N2O4/c1-2-12-26-20-6-3-5-18(14-20)23-15-22(25)24-17-8-10-19(11-9-17)28-16-21-7-4-13-27-21/h3,5-6,8-11,14,21,23H,2,4,7,12-13,15-16H2,1H3,(H,24,25). The van der Waals surface area contributed by atoms with Crippen LogP contribution in [0.25, 0.3) is 0 Å². The molecule has 6 nitrogen and oxygen atoms in total. The maximum absolute atomic E-state index is 12.2. The molecule has 0 saturated carbocycles. The van der Waals surface area contributed by atoms with Gasteiger partial charge in [-0.3, -0.25) is 4.79 Å². The van der Waals surface area contributed by atoms with Gasteiger partial charge >= 0.3 is 0 Å². The third-order valence-electron chi connectivity index (χ3n) is 4.36. The molecule has 0 radical (unpaired) electrons. The highest BCUT2D eigenvalue weighted by molar-refractivity contribution is 5.93. The Hall–Kier alpha value is -2.73. The second-order valence-corrected chi connectivity index (χ2v) is 6.75. The molecule has 0 aromatic heterocycles. The van der Waals surface area contributed by atoms with Crippen LogP contribution >= 0.6 is 0 Å². The van der Waals surface area contributed by atoms with Gasteiger partial charge in [-0.15, -0.1) is 0 Å². The van der Waals surface area contributed by atoms with E-state index in [1.165, 1.54) is 0 Å². The predicted molar refractivity (Wildman–Crippen MR) is 110 cm³/mol. The quantitative estimate of drug-likeness (QED) is 0.646. The first-order valence-corrected chi connectivity index (χ1v) is 9.84. The van der Waals surface area contributed by atoms with Crippen LogP contribution in [0, 0.1) is 0 Å². The Morgan fingerprint density at radius 1 is 1.11 bits per heavy atom. The van der Waals surface area contributed by atoms with Crippen molar-refractivity contribution >= 4 is 17.3 Å². The fourth-order valence-electron chi connectivity index (χ4n) is 2.90. The van der Waals surface area contributed by atoms with Crippen LogP contribution in [0.3, 0.4) is 0 Å². The molecule has 2 aromatic rings. The van der Waals surface area contributed by atoms with Crippen LogP contribution in [0.2, 0.25) is 0 Å². The number of hydrogen-bond acceptors (Lipinski definition) is 5. The molecule has 1 aliphatic heterocycles. The molecule has 0 bridgehead atoms. The number of benzene rings is 2. The van der Waals surface area contributed by atoms with Crippen molar-refractivity contribution in [1.29, 1.82) is 0 Å². The van der Waals surface area contributed by atoms with Gasteiger partial charge < -0.3 is 24.8 Å². The van der Waals surface area contributed by atoms with Crippen molar-refractivity contribution in [3.63, 3.8) is 0 Å². The van der Waals surface area contributed by atoms with E-state index in [4.69, 9.17) is 14.2 Å². The van der Waals surface area contributed by atoms with Gasteiger partial charge in [0.2, 0.25) is 5.91 Å². The number of nitrogens with one attached hydrogen (secondary N) is 2. The number of carbonyl (C=O) groups excluding carboxylic acids is 1. The fourth-order valence-corrected chi connectivity index (χ4v) is 2.90. The van der Waals surface area contributed by atoms with Crippen LogP contribution in [-0.2, 0) is 9.53 Å². The van der Waals surface area contributed by atoms with Gasteiger partial charge in [0.15, 0.2) is 0 Å². The summed E-state index contributed by atoms with van der Waals surface area (Å²) in [7, 11) is 0. The minimum Gasteiger partial charge on any atom is -0.494 e. The zero-order valence-corrected chi connectivity index (χ0v) is 16.3. The summed E-state index contributed by atoms with van der Waals surface area (Å²) >= 11 is 0. The van der Waals surface area contributed by atoms with Gasteiger partial charge in [-0.25, -0.2) is 0 Å². The zero-order valence-electron chi connectivity index (χ0n) is 16.3. The van der Waals surface area contributed by atoms with E-state index >= 15 is 0 Å². The minimum atomic E-state index is -0.118. The normalized spacial score (nSPS) is 15.8. The molecule has 1 aliphatic rings. The maximum Gasteiger partial charge on any atom is 0.243 e. The van der Waals surface area contributed by atoms with Crippen molar-refractivity contribution < 1.29 is 19.0 Å². The molecule has 1 atom stereocenters. The predicted octanol–water partition coefficient (Wildman–Crippen LogP) is 4.08. The molecule has 3 rings (SSSR count). The van der Waals surface area contributed by atoms with E-state index in [2.05, 4.69) is 17.6 Å². The van der Waals surface area contributed by atoms with Gasteiger partial charge in [-0.05, 0) is 55.7 Å². The van der Waals surface area contributed by atoms with Crippen LogP contribution < -0.4 is 20.1 Å². The lowest BCUT2D eigenvalue weighted by Gasteiger charge is -2.12. The second-order valence-electron chi connectivity index (χ2n) is 6.75. The first-order valence-electron chi connectivity index (χ1n) is 9.84. The van der Waals surface area contributed by atoms with Crippen LogP contribution in [0.15, 0.2) is 48.5 Å².